The van der Waals surface area contributed by atoms with Crippen molar-refractivity contribution in [1.29, 1.82) is 0 Å². The van der Waals surface area contributed by atoms with Crippen LogP contribution in [-0.4, -0.2) is 57.5 Å². The summed E-state index contributed by atoms with van der Waals surface area (Å²) in [7, 11) is 1.65. The highest BCUT2D eigenvalue weighted by Crippen LogP contribution is 2.18. The van der Waals surface area contributed by atoms with Crippen LogP contribution in [0, 0.1) is 6.92 Å². The molecule has 3 N–H and O–H groups in total. The minimum absolute atomic E-state index is 0.150. The summed E-state index contributed by atoms with van der Waals surface area (Å²) in [5, 5.41) is 20.2. The fourth-order valence-electron chi connectivity index (χ4n) is 4.82. The van der Waals surface area contributed by atoms with Gasteiger partial charge in [-0.2, -0.15) is 0 Å². The van der Waals surface area contributed by atoms with Gasteiger partial charge in [-0.05, 0) is 59.7 Å². The average molecular weight is 618 g/mol. The standard InChI is InChI=1S/C34H40FN5O3S/c1-22(2)29-12-26(16-36-18-29)17-37-19-31(41)30(13-24-8-6-5-7-9-24)39-33(42)27-10-25(15-35)11-28(14-27)34(43)40(4)20-32-38-23(3)21-44-32/h5-12,14,16,18,21-22,30-31,37,41H,13,15,17,19-20H2,1-4H3,(H,39,42)/t30-,31+/m0/s1. The second-order valence-corrected chi connectivity index (χ2v) is 12.3. The minimum atomic E-state index is -0.932. The second kappa shape index (κ2) is 15.7. The van der Waals surface area contributed by atoms with Crippen molar-refractivity contribution in [3.63, 3.8) is 0 Å². The molecular weight excluding hydrogens is 577 g/mol. The van der Waals surface area contributed by atoms with Gasteiger partial charge in [0.1, 0.15) is 11.7 Å². The zero-order chi connectivity index (χ0) is 31.6. The number of nitrogens with one attached hydrogen (secondary N) is 2. The maximum atomic E-state index is 13.9. The van der Waals surface area contributed by atoms with Crippen LogP contribution in [0.3, 0.4) is 0 Å². The van der Waals surface area contributed by atoms with Crippen molar-refractivity contribution in [3.05, 3.63) is 116 Å². The van der Waals surface area contributed by atoms with Gasteiger partial charge in [-0.3, -0.25) is 14.6 Å². The van der Waals surface area contributed by atoms with E-state index in [4.69, 9.17) is 0 Å². The van der Waals surface area contributed by atoms with E-state index in [1.807, 2.05) is 48.8 Å². The summed E-state index contributed by atoms with van der Waals surface area (Å²) in [6.07, 6.45) is 3.09. The number of pyridine rings is 1. The molecule has 2 atom stereocenters. The zero-order valence-corrected chi connectivity index (χ0v) is 26.4. The van der Waals surface area contributed by atoms with E-state index in [0.29, 0.717) is 25.4 Å². The Labute approximate surface area is 262 Å². The number of carbonyl (C=O) groups is 2. The Morgan fingerprint density at radius 2 is 1.77 bits per heavy atom. The first-order chi connectivity index (χ1) is 21.1. The number of hydrogen-bond donors (Lipinski definition) is 3. The van der Waals surface area contributed by atoms with Gasteiger partial charge in [0, 0.05) is 54.7 Å². The number of alkyl halides is 1. The molecule has 0 aliphatic heterocycles. The molecule has 8 nitrogen and oxygen atoms in total. The molecule has 44 heavy (non-hydrogen) atoms. The van der Waals surface area contributed by atoms with E-state index in [-0.39, 0.29) is 29.1 Å². The summed E-state index contributed by atoms with van der Waals surface area (Å²) in [5.41, 5.74) is 4.54. The number of nitrogens with zero attached hydrogens (tertiary/aromatic N) is 3. The number of hydrogen-bond acceptors (Lipinski definition) is 7. The van der Waals surface area contributed by atoms with Gasteiger partial charge in [0.2, 0.25) is 0 Å². The highest BCUT2D eigenvalue weighted by atomic mass is 32.1. The molecule has 0 saturated heterocycles. The van der Waals surface area contributed by atoms with Crippen LogP contribution in [0.15, 0.2) is 72.4 Å². The molecule has 0 bridgehead atoms. The van der Waals surface area contributed by atoms with E-state index in [1.54, 1.807) is 13.2 Å². The molecule has 2 amide bonds. The van der Waals surface area contributed by atoms with E-state index >= 15 is 0 Å². The van der Waals surface area contributed by atoms with Gasteiger partial charge in [0.25, 0.3) is 11.8 Å². The lowest BCUT2D eigenvalue weighted by Gasteiger charge is -2.25. The van der Waals surface area contributed by atoms with E-state index in [0.717, 1.165) is 27.4 Å². The molecule has 0 spiro atoms. The SMILES string of the molecule is Cc1csc(CN(C)C(=O)c2cc(CF)cc(C(=O)N[C@@H](Cc3ccccc3)[C@H](O)CNCc3cncc(C(C)C)c3)c2)n1. The van der Waals surface area contributed by atoms with Gasteiger partial charge in [-0.15, -0.1) is 11.3 Å². The lowest BCUT2D eigenvalue weighted by molar-refractivity contribution is 0.0784. The molecule has 0 unspecified atom stereocenters. The maximum Gasteiger partial charge on any atom is 0.254 e. The molecule has 2 aromatic carbocycles. The quantitative estimate of drug-likeness (QED) is 0.180. The Hall–Kier alpha value is -3.99. The summed E-state index contributed by atoms with van der Waals surface area (Å²) in [6, 6.07) is 15.4. The second-order valence-electron chi connectivity index (χ2n) is 11.3. The normalized spacial score (nSPS) is 12.6. The zero-order valence-electron chi connectivity index (χ0n) is 25.6. The molecule has 2 heterocycles. The van der Waals surface area contributed by atoms with Gasteiger partial charge >= 0.3 is 0 Å². The molecule has 232 valence electrons. The summed E-state index contributed by atoms with van der Waals surface area (Å²) in [6.45, 7) is 6.31. The number of aromatic nitrogens is 2. The van der Waals surface area contributed by atoms with E-state index in [1.165, 1.54) is 34.4 Å². The third-order valence-electron chi connectivity index (χ3n) is 7.29. The molecule has 0 aliphatic carbocycles. The molecular formula is C34H40FN5O3S. The van der Waals surface area contributed by atoms with Gasteiger partial charge in [0.15, 0.2) is 0 Å². The summed E-state index contributed by atoms with van der Waals surface area (Å²) in [4.78, 5) is 37.0. The van der Waals surface area contributed by atoms with Crippen LogP contribution >= 0.6 is 11.3 Å². The predicted molar refractivity (Wildman–Crippen MR) is 171 cm³/mol. The van der Waals surface area contributed by atoms with Crippen LogP contribution in [0.2, 0.25) is 0 Å². The van der Waals surface area contributed by atoms with Crippen LogP contribution < -0.4 is 10.6 Å². The molecule has 10 heteroatoms. The Kier molecular flexibility index (Phi) is 11.7. The summed E-state index contributed by atoms with van der Waals surface area (Å²) < 4.78 is 13.9. The Morgan fingerprint density at radius 1 is 1.02 bits per heavy atom. The highest BCUT2D eigenvalue weighted by molar-refractivity contribution is 7.09. The maximum absolute atomic E-state index is 13.9. The minimum Gasteiger partial charge on any atom is -0.390 e. The molecule has 4 rings (SSSR count). The van der Waals surface area contributed by atoms with Crippen LogP contribution in [0.1, 0.15) is 73.4 Å². The molecule has 0 radical (unpaired) electrons. The van der Waals surface area contributed by atoms with Crippen LogP contribution in [0.5, 0.6) is 0 Å². The number of amides is 2. The van der Waals surface area contributed by atoms with E-state index in [2.05, 4.69) is 40.5 Å². The Bertz CT molecular complexity index is 1540. The molecule has 2 aromatic heterocycles. The average Bonchev–Trinajstić information content (AvgIpc) is 3.44. The number of halogens is 1. The fourth-order valence-corrected chi connectivity index (χ4v) is 5.65. The monoisotopic (exact) mass is 617 g/mol. The van der Waals surface area contributed by atoms with Crippen molar-refractivity contribution < 1.29 is 19.1 Å². The first kappa shape index (κ1) is 32.9. The first-order valence-corrected chi connectivity index (χ1v) is 15.5. The van der Waals surface area contributed by atoms with Crippen molar-refractivity contribution in [3.8, 4) is 0 Å². The third kappa shape index (κ3) is 9.25. The number of carbonyl (C=O) groups excluding carboxylic acids is 2. The number of aliphatic hydroxyl groups is 1. The number of aryl methyl sites for hydroxylation is 1. The molecule has 0 saturated carbocycles. The van der Waals surface area contributed by atoms with Crippen LogP contribution in [0.4, 0.5) is 4.39 Å². The largest absolute Gasteiger partial charge is 0.390 e. The number of thiazole rings is 1. The van der Waals surface area contributed by atoms with Crippen LogP contribution in [0.25, 0.3) is 0 Å². The van der Waals surface area contributed by atoms with Crippen molar-refractivity contribution >= 4 is 23.2 Å². The van der Waals surface area contributed by atoms with E-state index < -0.39 is 24.7 Å². The fraction of sp³-hybridized carbons (Fsp3) is 0.353. The summed E-state index contributed by atoms with van der Waals surface area (Å²) in [5.74, 6) is -0.488. The highest BCUT2D eigenvalue weighted by Gasteiger charge is 2.24. The van der Waals surface area contributed by atoms with Gasteiger partial charge in [-0.1, -0.05) is 50.2 Å². The predicted octanol–water partition coefficient (Wildman–Crippen LogP) is 5.20. The Balaban J connectivity index is 1.48. The first-order valence-electron chi connectivity index (χ1n) is 14.7. The van der Waals surface area contributed by atoms with Crippen LogP contribution in [-0.2, 0) is 26.2 Å². The summed E-state index contributed by atoms with van der Waals surface area (Å²) >= 11 is 1.46. The third-order valence-corrected chi connectivity index (χ3v) is 8.24. The smallest absolute Gasteiger partial charge is 0.254 e. The topological polar surface area (TPSA) is 107 Å². The lowest BCUT2D eigenvalue weighted by Crippen LogP contribution is -2.48. The number of aliphatic hydroxyl groups excluding tert-OH is 1. The van der Waals surface area contributed by atoms with Crippen molar-refractivity contribution in [2.24, 2.45) is 0 Å². The van der Waals surface area contributed by atoms with Gasteiger partial charge in [0.05, 0.1) is 18.7 Å². The van der Waals surface area contributed by atoms with Gasteiger partial charge in [-0.25, -0.2) is 9.37 Å². The molecule has 0 fully saturated rings. The molecule has 4 aromatic rings. The molecule has 0 aliphatic rings. The number of rotatable bonds is 14. The lowest BCUT2D eigenvalue weighted by atomic mass is 9.99. The number of benzene rings is 2. The Morgan fingerprint density at radius 3 is 2.45 bits per heavy atom. The van der Waals surface area contributed by atoms with Crippen molar-refractivity contribution in [2.75, 3.05) is 13.6 Å². The van der Waals surface area contributed by atoms with E-state index in [9.17, 15) is 19.1 Å². The van der Waals surface area contributed by atoms with Crippen molar-refractivity contribution in [1.82, 2.24) is 25.5 Å². The van der Waals surface area contributed by atoms with Crippen molar-refractivity contribution in [2.45, 2.75) is 65.0 Å². The van der Waals surface area contributed by atoms with Gasteiger partial charge < -0.3 is 20.6 Å².